The van der Waals surface area contributed by atoms with Gasteiger partial charge >= 0.3 is 8.53 Å². The van der Waals surface area contributed by atoms with Crippen molar-refractivity contribution in [3.05, 3.63) is 40.2 Å². The average Bonchev–Trinajstić information content (AvgIpc) is 2.82. The van der Waals surface area contributed by atoms with E-state index in [1.165, 1.54) is 5.57 Å². The molecule has 1 heterocycles. The van der Waals surface area contributed by atoms with E-state index in [4.69, 9.17) is 4.52 Å². The van der Waals surface area contributed by atoms with Gasteiger partial charge in [0, 0.05) is 11.5 Å². The number of hydrogen-bond donors (Lipinski definition) is 2. The second-order valence-electron chi connectivity index (χ2n) is 5.27. The Morgan fingerprint density at radius 2 is 2.30 bits per heavy atom. The zero-order valence-electron chi connectivity index (χ0n) is 11.9. The van der Waals surface area contributed by atoms with E-state index in [0.717, 1.165) is 18.5 Å². The van der Waals surface area contributed by atoms with Crippen molar-refractivity contribution in [2.45, 2.75) is 19.4 Å². The average molecular weight is 297 g/mol. The molecular formula is C13H20N3O3P. The maximum atomic E-state index is 10.4. The van der Waals surface area contributed by atoms with E-state index in [2.05, 4.69) is 21.2 Å². The van der Waals surface area contributed by atoms with Gasteiger partial charge in [-0.3, -0.25) is 0 Å². The van der Waals surface area contributed by atoms with Gasteiger partial charge in [-0.15, -0.1) is 4.91 Å². The molecule has 0 aromatic rings. The standard InChI is InChI=1S/C13H20N3O3P/c1-9-4-5-11-12(13(9)19-20(18)15-17)10(8-14-11)6-7-16(2)3/h4-5,8,11-12,14,18H,6-7H2,1-3H3. The number of nitrogens with one attached hydrogen (secondary N) is 1. The van der Waals surface area contributed by atoms with Gasteiger partial charge in [0.25, 0.3) is 0 Å². The molecule has 2 rings (SSSR count). The summed E-state index contributed by atoms with van der Waals surface area (Å²) in [5.74, 6) is 0.694. The Morgan fingerprint density at radius 1 is 1.55 bits per heavy atom. The summed E-state index contributed by atoms with van der Waals surface area (Å²) in [5, 5.41) is 3.31. The molecule has 2 N–H and O–H groups in total. The molecular weight excluding hydrogens is 277 g/mol. The van der Waals surface area contributed by atoms with Crippen LogP contribution in [-0.2, 0) is 4.52 Å². The number of nitroso groups, excluding NO2 is 1. The normalized spacial score (nSPS) is 26.1. The number of rotatable bonds is 6. The molecule has 20 heavy (non-hydrogen) atoms. The second-order valence-corrected chi connectivity index (χ2v) is 6.13. The third kappa shape index (κ3) is 3.26. The lowest BCUT2D eigenvalue weighted by molar-refractivity contribution is 0.330. The van der Waals surface area contributed by atoms with E-state index in [-0.39, 0.29) is 12.0 Å². The second kappa shape index (κ2) is 6.48. The topological polar surface area (TPSA) is 74.2 Å². The van der Waals surface area contributed by atoms with Crippen LogP contribution in [0.3, 0.4) is 0 Å². The molecule has 2 aliphatic rings. The van der Waals surface area contributed by atoms with Gasteiger partial charge in [-0.05, 0) is 44.8 Å². The first-order valence-corrected chi connectivity index (χ1v) is 7.68. The van der Waals surface area contributed by atoms with Crippen LogP contribution in [-0.4, -0.2) is 36.5 Å². The Balaban J connectivity index is 2.17. The number of nitrogens with zero attached hydrogens (tertiary/aromatic N) is 2. The van der Waals surface area contributed by atoms with Crippen molar-refractivity contribution in [1.82, 2.24) is 10.2 Å². The van der Waals surface area contributed by atoms with Crippen molar-refractivity contribution >= 4 is 8.53 Å². The van der Waals surface area contributed by atoms with Crippen molar-refractivity contribution in [3.63, 3.8) is 0 Å². The minimum Gasteiger partial charge on any atom is -0.432 e. The predicted molar refractivity (Wildman–Crippen MR) is 79.5 cm³/mol. The summed E-state index contributed by atoms with van der Waals surface area (Å²) >= 11 is 0. The molecule has 0 aromatic heterocycles. The van der Waals surface area contributed by atoms with Crippen molar-refractivity contribution < 1.29 is 9.42 Å². The summed E-state index contributed by atoms with van der Waals surface area (Å²) in [6, 6.07) is 0.126. The van der Waals surface area contributed by atoms with Crippen LogP contribution in [0.1, 0.15) is 13.3 Å². The highest BCUT2D eigenvalue weighted by Gasteiger charge is 2.36. The van der Waals surface area contributed by atoms with Crippen LogP contribution in [0.25, 0.3) is 0 Å². The molecule has 3 unspecified atom stereocenters. The molecule has 0 bridgehead atoms. The van der Waals surface area contributed by atoms with Gasteiger partial charge in [0.05, 0.1) is 12.0 Å². The van der Waals surface area contributed by atoms with Gasteiger partial charge < -0.3 is 19.6 Å². The minimum absolute atomic E-state index is 0.0406. The van der Waals surface area contributed by atoms with Gasteiger partial charge in [-0.2, -0.15) is 0 Å². The predicted octanol–water partition coefficient (Wildman–Crippen LogP) is 2.26. The maximum absolute atomic E-state index is 10.4. The van der Waals surface area contributed by atoms with Crippen LogP contribution < -0.4 is 5.32 Å². The highest BCUT2D eigenvalue weighted by molar-refractivity contribution is 7.44. The van der Waals surface area contributed by atoms with Crippen LogP contribution in [0.5, 0.6) is 0 Å². The number of allylic oxidation sites excluding steroid dienone is 2. The quantitative estimate of drug-likeness (QED) is 0.581. The van der Waals surface area contributed by atoms with Crippen LogP contribution in [0.4, 0.5) is 0 Å². The van der Waals surface area contributed by atoms with Crippen molar-refractivity contribution in [2.75, 3.05) is 20.6 Å². The zero-order chi connectivity index (χ0) is 14.7. The Hall–Kier alpha value is -1.23. The highest BCUT2D eigenvalue weighted by Crippen LogP contribution is 2.44. The summed E-state index contributed by atoms with van der Waals surface area (Å²) in [6.45, 7) is 2.85. The molecule has 0 spiro atoms. The summed E-state index contributed by atoms with van der Waals surface area (Å²) in [4.78, 5) is 24.5. The van der Waals surface area contributed by atoms with Crippen molar-refractivity contribution in [2.24, 2.45) is 10.9 Å². The van der Waals surface area contributed by atoms with Crippen LogP contribution in [0.2, 0.25) is 0 Å². The third-order valence-electron chi connectivity index (χ3n) is 3.54. The molecule has 1 aliphatic heterocycles. The Labute approximate surface area is 120 Å². The summed E-state index contributed by atoms with van der Waals surface area (Å²) < 4.78 is 5.38. The molecule has 3 atom stereocenters. The van der Waals surface area contributed by atoms with Crippen LogP contribution >= 0.6 is 8.53 Å². The van der Waals surface area contributed by atoms with Crippen LogP contribution in [0, 0.1) is 10.8 Å². The summed E-state index contributed by atoms with van der Waals surface area (Å²) in [6.07, 6.45) is 6.95. The lowest BCUT2D eigenvalue weighted by atomic mass is 9.85. The van der Waals surface area contributed by atoms with Crippen molar-refractivity contribution in [3.8, 4) is 0 Å². The first kappa shape index (κ1) is 15.2. The lowest BCUT2D eigenvalue weighted by Gasteiger charge is -2.28. The smallest absolute Gasteiger partial charge is 0.410 e. The zero-order valence-corrected chi connectivity index (χ0v) is 12.8. The fourth-order valence-corrected chi connectivity index (χ4v) is 2.97. The summed E-state index contributed by atoms with van der Waals surface area (Å²) in [7, 11) is 1.78. The van der Waals surface area contributed by atoms with Gasteiger partial charge in [0.15, 0.2) is 0 Å². The monoisotopic (exact) mass is 297 g/mol. The number of hydrogen-bond acceptors (Lipinski definition) is 6. The minimum atomic E-state index is -2.28. The maximum Gasteiger partial charge on any atom is 0.410 e. The summed E-state index contributed by atoms with van der Waals surface area (Å²) in [5.41, 5.74) is 2.15. The fourth-order valence-electron chi connectivity index (χ4n) is 2.51. The molecule has 7 heteroatoms. The number of fused-ring (bicyclic) bond motifs is 1. The largest absolute Gasteiger partial charge is 0.432 e. The Morgan fingerprint density at radius 3 is 2.95 bits per heavy atom. The first-order chi connectivity index (χ1) is 9.52. The molecule has 0 aromatic carbocycles. The fraction of sp³-hybridized carbons (Fsp3) is 0.538. The lowest BCUT2D eigenvalue weighted by Crippen LogP contribution is -2.30. The van der Waals surface area contributed by atoms with Gasteiger partial charge in [0.1, 0.15) is 5.76 Å². The van der Waals surface area contributed by atoms with Gasteiger partial charge in [-0.25, -0.2) is 0 Å². The molecule has 0 saturated carbocycles. The van der Waals surface area contributed by atoms with E-state index >= 15 is 0 Å². The van der Waals surface area contributed by atoms with Crippen LogP contribution in [0.15, 0.2) is 40.2 Å². The van der Waals surface area contributed by atoms with E-state index in [1.807, 2.05) is 33.3 Å². The highest BCUT2D eigenvalue weighted by atomic mass is 31.2. The Kier molecular flexibility index (Phi) is 4.91. The molecule has 110 valence electrons. The van der Waals surface area contributed by atoms with Gasteiger partial charge in [0.2, 0.25) is 0 Å². The Bertz CT molecular complexity index is 473. The third-order valence-corrected chi connectivity index (χ3v) is 4.04. The SMILES string of the molecule is CC1=C(OP(O)N=O)C2C(CCN(C)C)=CNC2C=C1. The first-order valence-electron chi connectivity index (χ1n) is 6.52. The van der Waals surface area contributed by atoms with E-state index in [0.29, 0.717) is 5.76 Å². The molecule has 0 fully saturated rings. The van der Waals surface area contributed by atoms with Gasteiger partial charge in [-0.1, -0.05) is 12.2 Å². The molecule has 0 radical (unpaired) electrons. The van der Waals surface area contributed by atoms with E-state index in [1.54, 1.807) is 0 Å². The molecule has 1 aliphatic carbocycles. The molecule has 6 nitrogen and oxygen atoms in total. The van der Waals surface area contributed by atoms with E-state index in [9.17, 15) is 9.80 Å². The van der Waals surface area contributed by atoms with E-state index < -0.39 is 8.53 Å². The van der Waals surface area contributed by atoms with Crippen molar-refractivity contribution in [1.29, 1.82) is 0 Å². The molecule has 0 saturated heterocycles. The molecule has 0 amide bonds.